The average Bonchev–Trinajstić information content (AvgIpc) is 3.14. The Kier molecular flexibility index (Phi) is 3.38. The number of hydrogen-bond donors (Lipinski definition) is 0. The SMILES string of the molecule is Cc1noc2c1C(=O)c1oc(C(=O)N3CCSCC3)c(C)c1C2=O. The number of hydrogen-bond acceptors (Lipinski definition) is 7. The predicted molar refractivity (Wildman–Crippen MR) is 84.8 cm³/mol. The minimum absolute atomic E-state index is 0.0596. The van der Waals surface area contributed by atoms with E-state index in [1.807, 2.05) is 0 Å². The summed E-state index contributed by atoms with van der Waals surface area (Å²) in [7, 11) is 0. The van der Waals surface area contributed by atoms with Crippen LogP contribution in [0.1, 0.15) is 54.0 Å². The monoisotopic (exact) mass is 346 g/mol. The molecule has 24 heavy (non-hydrogen) atoms. The number of carbonyl (C=O) groups excluding carboxylic acids is 3. The summed E-state index contributed by atoms with van der Waals surface area (Å²) in [5.74, 6) is 0.404. The number of amides is 1. The Hall–Kier alpha value is -2.35. The Bertz CT molecular complexity index is 887. The molecule has 0 unspecified atom stereocenters. The van der Waals surface area contributed by atoms with Gasteiger partial charge in [-0.05, 0) is 13.8 Å². The molecule has 3 heterocycles. The summed E-state index contributed by atoms with van der Waals surface area (Å²) in [6.07, 6.45) is 0. The van der Waals surface area contributed by atoms with Crippen molar-refractivity contribution in [3.8, 4) is 0 Å². The molecule has 0 aromatic carbocycles. The Morgan fingerprint density at radius 2 is 1.75 bits per heavy atom. The van der Waals surface area contributed by atoms with E-state index >= 15 is 0 Å². The maximum atomic E-state index is 12.7. The highest BCUT2D eigenvalue weighted by Crippen LogP contribution is 2.34. The zero-order valence-corrected chi connectivity index (χ0v) is 14.0. The first-order valence-electron chi connectivity index (χ1n) is 7.56. The van der Waals surface area contributed by atoms with Crippen LogP contribution in [0.25, 0.3) is 0 Å². The third-order valence-electron chi connectivity index (χ3n) is 4.37. The third kappa shape index (κ3) is 1.99. The molecule has 0 saturated carbocycles. The summed E-state index contributed by atoms with van der Waals surface area (Å²) in [6, 6.07) is 0. The number of nitrogens with zero attached hydrogens (tertiary/aromatic N) is 2. The van der Waals surface area contributed by atoms with Gasteiger partial charge in [0.05, 0.1) is 11.3 Å². The molecule has 1 aliphatic heterocycles. The Labute approximate surface area is 141 Å². The molecule has 4 rings (SSSR count). The summed E-state index contributed by atoms with van der Waals surface area (Å²) in [5.41, 5.74) is 0.947. The van der Waals surface area contributed by atoms with Gasteiger partial charge >= 0.3 is 0 Å². The van der Waals surface area contributed by atoms with Gasteiger partial charge in [0.1, 0.15) is 5.56 Å². The molecule has 0 N–H and O–H groups in total. The van der Waals surface area contributed by atoms with Crippen molar-refractivity contribution >= 4 is 29.2 Å². The largest absolute Gasteiger partial charge is 0.446 e. The summed E-state index contributed by atoms with van der Waals surface area (Å²) in [5, 5.41) is 3.69. The summed E-state index contributed by atoms with van der Waals surface area (Å²) < 4.78 is 10.6. The second-order valence-corrected chi connectivity index (χ2v) is 7.02. The molecule has 124 valence electrons. The molecule has 2 aliphatic rings. The molecular weight excluding hydrogens is 332 g/mol. The van der Waals surface area contributed by atoms with Gasteiger partial charge in [0, 0.05) is 30.2 Å². The highest BCUT2D eigenvalue weighted by molar-refractivity contribution is 7.99. The fourth-order valence-corrected chi connectivity index (χ4v) is 3.98. The van der Waals surface area contributed by atoms with Gasteiger partial charge in [-0.3, -0.25) is 14.4 Å². The van der Waals surface area contributed by atoms with Crippen LogP contribution in [-0.4, -0.2) is 52.1 Å². The molecule has 8 heteroatoms. The number of aromatic nitrogens is 1. The molecule has 1 fully saturated rings. The van der Waals surface area contributed by atoms with Gasteiger partial charge < -0.3 is 13.8 Å². The van der Waals surface area contributed by atoms with Crippen molar-refractivity contribution in [3.05, 3.63) is 39.7 Å². The highest BCUT2D eigenvalue weighted by atomic mass is 32.2. The molecule has 2 aromatic rings. The molecule has 1 saturated heterocycles. The van der Waals surface area contributed by atoms with Crippen LogP contribution in [0.15, 0.2) is 8.94 Å². The highest BCUT2D eigenvalue weighted by Gasteiger charge is 2.42. The van der Waals surface area contributed by atoms with E-state index < -0.39 is 11.6 Å². The average molecular weight is 346 g/mol. The lowest BCUT2D eigenvalue weighted by molar-refractivity contribution is 0.0736. The summed E-state index contributed by atoms with van der Waals surface area (Å²) >= 11 is 1.79. The van der Waals surface area contributed by atoms with Gasteiger partial charge in [-0.2, -0.15) is 11.8 Å². The van der Waals surface area contributed by atoms with E-state index in [1.54, 1.807) is 30.5 Å². The van der Waals surface area contributed by atoms with Crippen LogP contribution in [0, 0.1) is 13.8 Å². The van der Waals surface area contributed by atoms with Crippen molar-refractivity contribution in [1.29, 1.82) is 0 Å². The third-order valence-corrected chi connectivity index (χ3v) is 5.31. The van der Waals surface area contributed by atoms with E-state index in [0.717, 1.165) is 11.5 Å². The molecule has 0 atom stereocenters. The first kappa shape index (κ1) is 15.2. The van der Waals surface area contributed by atoms with Crippen LogP contribution >= 0.6 is 11.8 Å². The Balaban J connectivity index is 1.80. The van der Waals surface area contributed by atoms with Crippen LogP contribution in [0.3, 0.4) is 0 Å². The molecule has 2 aromatic heterocycles. The van der Waals surface area contributed by atoms with Gasteiger partial charge in [-0.1, -0.05) is 5.16 Å². The van der Waals surface area contributed by atoms with Crippen molar-refractivity contribution in [2.75, 3.05) is 24.6 Å². The number of thioether (sulfide) groups is 1. The number of furan rings is 1. The molecule has 0 radical (unpaired) electrons. The zero-order valence-electron chi connectivity index (χ0n) is 13.2. The van der Waals surface area contributed by atoms with Crippen molar-refractivity contribution in [3.63, 3.8) is 0 Å². The number of fused-ring (bicyclic) bond motifs is 2. The van der Waals surface area contributed by atoms with Gasteiger partial charge in [-0.15, -0.1) is 0 Å². The first-order valence-corrected chi connectivity index (χ1v) is 8.72. The van der Waals surface area contributed by atoms with Gasteiger partial charge in [-0.25, -0.2) is 0 Å². The number of aryl methyl sites for hydroxylation is 1. The number of rotatable bonds is 1. The fraction of sp³-hybridized carbons (Fsp3) is 0.375. The van der Waals surface area contributed by atoms with Gasteiger partial charge in [0.25, 0.3) is 5.91 Å². The Morgan fingerprint density at radius 3 is 2.46 bits per heavy atom. The lowest BCUT2D eigenvalue weighted by atomic mass is 9.90. The zero-order chi connectivity index (χ0) is 17.0. The van der Waals surface area contributed by atoms with E-state index in [0.29, 0.717) is 24.3 Å². The molecule has 1 aliphatic carbocycles. The lowest BCUT2D eigenvalue weighted by Crippen LogP contribution is -2.38. The van der Waals surface area contributed by atoms with E-state index in [1.165, 1.54) is 0 Å². The lowest BCUT2D eigenvalue weighted by Gasteiger charge is -2.25. The van der Waals surface area contributed by atoms with Crippen LogP contribution < -0.4 is 0 Å². The van der Waals surface area contributed by atoms with Crippen LogP contribution in [0.4, 0.5) is 0 Å². The van der Waals surface area contributed by atoms with Crippen molar-refractivity contribution in [2.45, 2.75) is 13.8 Å². The van der Waals surface area contributed by atoms with E-state index in [2.05, 4.69) is 5.16 Å². The molecule has 0 bridgehead atoms. The predicted octanol–water partition coefficient (Wildman–Crippen LogP) is 1.85. The number of ketones is 2. The quantitative estimate of drug-likeness (QED) is 0.664. The Morgan fingerprint density at radius 1 is 1.08 bits per heavy atom. The summed E-state index contributed by atoms with van der Waals surface area (Å²) in [4.78, 5) is 39.6. The summed E-state index contributed by atoms with van der Waals surface area (Å²) in [6.45, 7) is 4.46. The maximum absolute atomic E-state index is 12.7. The van der Waals surface area contributed by atoms with Crippen LogP contribution in [-0.2, 0) is 0 Å². The topological polar surface area (TPSA) is 93.6 Å². The molecular formula is C16H14N2O5S. The van der Waals surface area contributed by atoms with Crippen molar-refractivity contribution in [2.24, 2.45) is 0 Å². The van der Waals surface area contributed by atoms with Crippen LogP contribution in [0.2, 0.25) is 0 Å². The number of carbonyl (C=O) groups is 3. The second-order valence-electron chi connectivity index (χ2n) is 5.80. The standard InChI is InChI=1S/C16H14N2O5S/c1-7-9-11(19)15-10(8(2)17-23-15)12(20)14(9)22-13(7)16(21)18-3-5-24-6-4-18/h3-6H2,1-2H3. The van der Waals surface area contributed by atoms with E-state index in [-0.39, 0.29) is 34.3 Å². The first-order chi connectivity index (χ1) is 11.5. The van der Waals surface area contributed by atoms with Crippen molar-refractivity contribution < 1.29 is 23.3 Å². The van der Waals surface area contributed by atoms with Crippen LogP contribution in [0.5, 0.6) is 0 Å². The molecule has 0 spiro atoms. The van der Waals surface area contributed by atoms with Gasteiger partial charge in [0.15, 0.2) is 11.5 Å². The normalized spacial score (nSPS) is 17.0. The molecule has 7 nitrogen and oxygen atoms in total. The van der Waals surface area contributed by atoms with E-state index in [4.69, 9.17) is 8.94 Å². The fourth-order valence-electron chi connectivity index (χ4n) is 3.08. The van der Waals surface area contributed by atoms with E-state index in [9.17, 15) is 14.4 Å². The minimum Gasteiger partial charge on any atom is -0.446 e. The second kappa shape index (κ2) is 5.34. The smallest absolute Gasteiger partial charge is 0.289 e. The van der Waals surface area contributed by atoms with Gasteiger partial charge in [0.2, 0.25) is 17.3 Å². The minimum atomic E-state index is -0.463. The van der Waals surface area contributed by atoms with Crippen molar-refractivity contribution in [1.82, 2.24) is 10.1 Å². The maximum Gasteiger partial charge on any atom is 0.289 e. The molecule has 1 amide bonds.